The van der Waals surface area contributed by atoms with Crippen LogP contribution in [-0.4, -0.2) is 12.6 Å². The third kappa shape index (κ3) is 4.44. The topological polar surface area (TPSA) is 50.4 Å². The maximum atomic E-state index is 12.3. The lowest BCUT2D eigenvalue weighted by Gasteiger charge is -2.16. The van der Waals surface area contributed by atoms with Crippen LogP contribution in [0.25, 0.3) is 0 Å². The molecule has 2 aromatic rings. The predicted molar refractivity (Wildman–Crippen MR) is 80.1 cm³/mol. The highest BCUT2D eigenvalue weighted by Crippen LogP contribution is 2.25. The van der Waals surface area contributed by atoms with Gasteiger partial charge in [0, 0.05) is 0 Å². The highest BCUT2D eigenvalue weighted by Gasteiger charge is 2.13. The van der Waals surface area contributed by atoms with E-state index in [1.54, 1.807) is 12.1 Å². The smallest absolute Gasteiger partial charge is 0.387 e. The summed E-state index contributed by atoms with van der Waals surface area (Å²) in [6, 6.07) is 14.7. The van der Waals surface area contributed by atoms with Crippen LogP contribution >= 0.6 is 0 Å². The van der Waals surface area contributed by atoms with Gasteiger partial charge in [-0.15, -0.1) is 0 Å². The van der Waals surface area contributed by atoms with Crippen molar-refractivity contribution in [1.29, 1.82) is 0 Å². The summed E-state index contributed by atoms with van der Waals surface area (Å²) in [7, 11) is 0. The summed E-state index contributed by atoms with van der Waals surface area (Å²) in [4.78, 5) is 12.0. The van der Waals surface area contributed by atoms with Crippen LogP contribution in [0, 0.1) is 0 Å². The molecule has 0 bridgehead atoms. The summed E-state index contributed by atoms with van der Waals surface area (Å²) < 4.78 is 29.0. The molecule has 0 aliphatic rings. The lowest BCUT2D eigenvalue weighted by atomic mass is 10.1. The molecular formula is C16H16F2N2O2. The van der Waals surface area contributed by atoms with E-state index in [4.69, 9.17) is 0 Å². The second-order valence-electron chi connectivity index (χ2n) is 4.61. The van der Waals surface area contributed by atoms with Gasteiger partial charge in [0.25, 0.3) is 0 Å². The van der Waals surface area contributed by atoms with Crippen molar-refractivity contribution in [1.82, 2.24) is 5.32 Å². The Bertz CT molecular complexity index is 621. The Morgan fingerprint density at radius 2 is 1.68 bits per heavy atom. The average Bonchev–Trinajstić information content (AvgIpc) is 2.49. The molecule has 6 heteroatoms. The minimum Gasteiger partial charge on any atom is -0.433 e. The van der Waals surface area contributed by atoms with E-state index in [9.17, 15) is 13.6 Å². The van der Waals surface area contributed by atoms with Crippen molar-refractivity contribution < 1.29 is 18.3 Å². The van der Waals surface area contributed by atoms with Gasteiger partial charge in [-0.05, 0) is 24.6 Å². The van der Waals surface area contributed by atoms with E-state index < -0.39 is 12.6 Å². The summed E-state index contributed by atoms with van der Waals surface area (Å²) in [5, 5.41) is 5.24. The largest absolute Gasteiger partial charge is 0.433 e. The molecule has 0 fully saturated rings. The molecule has 22 heavy (non-hydrogen) atoms. The number of hydrogen-bond donors (Lipinski definition) is 2. The van der Waals surface area contributed by atoms with Gasteiger partial charge in [0.05, 0.1) is 11.7 Å². The quantitative estimate of drug-likeness (QED) is 0.871. The zero-order valence-electron chi connectivity index (χ0n) is 11.9. The van der Waals surface area contributed by atoms with E-state index in [2.05, 4.69) is 15.4 Å². The third-order valence-electron chi connectivity index (χ3n) is 3.00. The van der Waals surface area contributed by atoms with E-state index in [0.29, 0.717) is 0 Å². The fourth-order valence-electron chi connectivity index (χ4n) is 1.95. The molecule has 4 nitrogen and oxygen atoms in total. The number of benzene rings is 2. The molecule has 2 aromatic carbocycles. The van der Waals surface area contributed by atoms with Crippen LogP contribution in [0.2, 0.25) is 0 Å². The predicted octanol–water partition coefficient (Wildman–Crippen LogP) is 4.17. The van der Waals surface area contributed by atoms with Crippen molar-refractivity contribution in [3.63, 3.8) is 0 Å². The van der Waals surface area contributed by atoms with E-state index in [1.165, 1.54) is 12.1 Å². The van der Waals surface area contributed by atoms with Gasteiger partial charge >= 0.3 is 12.6 Å². The van der Waals surface area contributed by atoms with Gasteiger partial charge in [-0.3, -0.25) is 0 Å². The van der Waals surface area contributed by atoms with Crippen LogP contribution in [0.15, 0.2) is 54.6 Å². The average molecular weight is 306 g/mol. The molecule has 0 aliphatic heterocycles. The number of ether oxygens (including phenoxy) is 1. The summed E-state index contributed by atoms with van der Waals surface area (Å²) in [5.41, 5.74) is 1.12. The van der Waals surface area contributed by atoms with Gasteiger partial charge in [0.2, 0.25) is 0 Å². The Hall–Kier alpha value is -2.63. The Morgan fingerprint density at radius 3 is 2.36 bits per heavy atom. The van der Waals surface area contributed by atoms with E-state index in [-0.39, 0.29) is 17.5 Å². The summed E-state index contributed by atoms with van der Waals surface area (Å²) >= 11 is 0. The first kappa shape index (κ1) is 15.8. The van der Waals surface area contributed by atoms with Gasteiger partial charge < -0.3 is 15.4 Å². The molecule has 1 unspecified atom stereocenters. The van der Waals surface area contributed by atoms with Crippen LogP contribution in [0.3, 0.4) is 0 Å². The van der Waals surface area contributed by atoms with E-state index in [1.807, 2.05) is 37.3 Å². The minimum atomic E-state index is -2.95. The van der Waals surface area contributed by atoms with Gasteiger partial charge in [-0.25, -0.2) is 4.79 Å². The van der Waals surface area contributed by atoms with Crippen molar-refractivity contribution in [2.24, 2.45) is 0 Å². The van der Waals surface area contributed by atoms with E-state index in [0.717, 1.165) is 5.56 Å². The lowest BCUT2D eigenvalue weighted by Crippen LogP contribution is -2.31. The Kier molecular flexibility index (Phi) is 5.30. The molecule has 2 rings (SSSR count). The standard InChI is InChI=1S/C16H16F2N2O2/c1-11(12-7-3-2-4-8-12)19-16(21)20-13-9-5-6-10-14(13)22-15(17)18/h2-11,15H,1H3,(H2,19,20,21). The minimum absolute atomic E-state index is 0.0833. The Morgan fingerprint density at radius 1 is 1.05 bits per heavy atom. The van der Waals surface area contributed by atoms with Crippen LogP contribution in [0.1, 0.15) is 18.5 Å². The van der Waals surface area contributed by atoms with E-state index >= 15 is 0 Å². The zero-order chi connectivity index (χ0) is 15.9. The van der Waals surface area contributed by atoms with Gasteiger partial charge in [-0.1, -0.05) is 42.5 Å². The highest BCUT2D eigenvalue weighted by atomic mass is 19.3. The SMILES string of the molecule is CC(NC(=O)Nc1ccccc1OC(F)F)c1ccccc1. The van der Waals surface area contributed by atoms with Crippen LogP contribution in [-0.2, 0) is 0 Å². The molecule has 0 aromatic heterocycles. The van der Waals surface area contributed by atoms with Crippen molar-refractivity contribution in [3.05, 3.63) is 60.2 Å². The van der Waals surface area contributed by atoms with Crippen LogP contribution in [0.4, 0.5) is 19.3 Å². The lowest BCUT2D eigenvalue weighted by molar-refractivity contribution is -0.0493. The van der Waals surface area contributed by atoms with Crippen molar-refractivity contribution in [3.8, 4) is 5.75 Å². The van der Waals surface area contributed by atoms with Crippen LogP contribution in [0.5, 0.6) is 5.75 Å². The monoisotopic (exact) mass is 306 g/mol. The number of amides is 2. The molecular weight excluding hydrogens is 290 g/mol. The maximum Gasteiger partial charge on any atom is 0.387 e. The molecule has 0 aliphatic carbocycles. The molecule has 0 heterocycles. The summed E-state index contributed by atoms with van der Waals surface area (Å²) in [6.07, 6.45) is 0. The number of halogens is 2. The van der Waals surface area contributed by atoms with Gasteiger partial charge in [0.1, 0.15) is 5.75 Å². The zero-order valence-corrected chi connectivity index (χ0v) is 11.9. The third-order valence-corrected chi connectivity index (χ3v) is 3.00. The molecule has 2 N–H and O–H groups in total. The van der Waals surface area contributed by atoms with Crippen molar-refractivity contribution in [2.75, 3.05) is 5.32 Å². The highest BCUT2D eigenvalue weighted by molar-refractivity contribution is 5.91. The molecule has 116 valence electrons. The fourth-order valence-corrected chi connectivity index (χ4v) is 1.95. The number of hydrogen-bond acceptors (Lipinski definition) is 2. The van der Waals surface area contributed by atoms with Gasteiger partial charge in [0.15, 0.2) is 0 Å². The van der Waals surface area contributed by atoms with Gasteiger partial charge in [-0.2, -0.15) is 8.78 Å². The van der Waals surface area contributed by atoms with Crippen LogP contribution < -0.4 is 15.4 Å². The molecule has 0 saturated heterocycles. The maximum absolute atomic E-state index is 12.3. The fraction of sp³-hybridized carbons (Fsp3) is 0.188. The number of anilines is 1. The molecule has 1 atom stereocenters. The number of carbonyl (C=O) groups is 1. The number of para-hydroxylation sites is 2. The molecule has 0 radical (unpaired) electrons. The van der Waals surface area contributed by atoms with Crippen molar-refractivity contribution >= 4 is 11.7 Å². The Balaban J connectivity index is 2.00. The number of urea groups is 1. The first-order valence-corrected chi connectivity index (χ1v) is 6.72. The molecule has 0 spiro atoms. The number of rotatable bonds is 5. The number of nitrogens with one attached hydrogen (secondary N) is 2. The molecule has 2 amide bonds. The summed E-state index contributed by atoms with van der Waals surface area (Å²) in [6.45, 7) is -1.12. The first-order chi connectivity index (χ1) is 10.6. The second kappa shape index (κ2) is 7.40. The van der Waals surface area contributed by atoms with Crippen molar-refractivity contribution in [2.45, 2.75) is 19.6 Å². The number of alkyl halides is 2. The first-order valence-electron chi connectivity index (χ1n) is 6.72. The Labute approximate surface area is 127 Å². The normalized spacial score (nSPS) is 11.8. The summed E-state index contributed by atoms with van der Waals surface area (Å²) in [5.74, 6) is -0.0833. The second-order valence-corrected chi connectivity index (χ2v) is 4.61. The number of carbonyl (C=O) groups excluding carboxylic acids is 1. The molecule has 0 saturated carbocycles.